The lowest BCUT2D eigenvalue weighted by atomic mass is 10.2. The maximum absolute atomic E-state index is 4.82. The topological polar surface area (TPSA) is 40.5 Å². The summed E-state index contributed by atoms with van der Waals surface area (Å²) in [7, 11) is 0. The highest BCUT2D eigenvalue weighted by Crippen LogP contribution is 2.27. The third kappa shape index (κ3) is 3.91. The van der Waals surface area contributed by atoms with Gasteiger partial charge in [-0.2, -0.15) is 0 Å². The Morgan fingerprint density at radius 1 is 1.39 bits per heavy atom. The van der Waals surface area contributed by atoms with Crippen molar-refractivity contribution in [3.63, 3.8) is 0 Å². The highest BCUT2D eigenvalue weighted by atomic mass is 32.1. The van der Waals surface area contributed by atoms with Gasteiger partial charge in [-0.15, -0.1) is 11.3 Å². The predicted octanol–water partition coefficient (Wildman–Crippen LogP) is 3.41. The van der Waals surface area contributed by atoms with Gasteiger partial charge in [0.1, 0.15) is 0 Å². The summed E-state index contributed by atoms with van der Waals surface area (Å²) in [5, 5.41) is 6.76. The quantitative estimate of drug-likeness (QED) is 0.519. The first kappa shape index (κ1) is 16.0. The fourth-order valence-electron chi connectivity index (χ4n) is 2.89. The number of hydrogen-bond acceptors (Lipinski definition) is 3. The average Bonchev–Trinajstić information content (AvgIpc) is 3.17. The van der Waals surface area contributed by atoms with Crippen molar-refractivity contribution in [3.8, 4) is 0 Å². The molecule has 23 heavy (non-hydrogen) atoms. The Morgan fingerprint density at radius 3 is 3.04 bits per heavy atom. The summed E-state index contributed by atoms with van der Waals surface area (Å²) in [6, 6.07) is 8.62. The molecule has 122 valence electrons. The fourth-order valence-corrected chi connectivity index (χ4v) is 3.70. The Balaban J connectivity index is 1.62. The summed E-state index contributed by atoms with van der Waals surface area (Å²) >= 11 is 1.75. The number of anilines is 1. The second kappa shape index (κ2) is 7.59. The lowest BCUT2D eigenvalue weighted by molar-refractivity contribution is 0.805. The fraction of sp³-hybridized carbons (Fsp3) is 0.444. The van der Waals surface area contributed by atoms with Gasteiger partial charge in [-0.25, -0.2) is 4.98 Å². The third-order valence-electron chi connectivity index (χ3n) is 3.95. The van der Waals surface area contributed by atoms with Crippen molar-refractivity contribution in [1.82, 2.24) is 10.3 Å². The molecule has 2 heterocycles. The number of aryl methyl sites for hydroxylation is 2. The van der Waals surface area contributed by atoms with Crippen LogP contribution in [0.2, 0.25) is 0 Å². The maximum atomic E-state index is 4.82. The van der Waals surface area contributed by atoms with Gasteiger partial charge in [0.25, 0.3) is 0 Å². The minimum atomic E-state index is 0.833. The van der Waals surface area contributed by atoms with Crippen molar-refractivity contribution in [2.45, 2.75) is 33.1 Å². The predicted molar refractivity (Wildman–Crippen MR) is 98.6 cm³/mol. The van der Waals surface area contributed by atoms with E-state index in [0.717, 1.165) is 50.6 Å². The molecule has 1 aromatic heterocycles. The molecule has 0 bridgehead atoms. The van der Waals surface area contributed by atoms with Crippen LogP contribution < -0.4 is 10.2 Å². The molecule has 0 fully saturated rings. The van der Waals surface area contributed by atoms with E-state index in [1.54, 1.807) is 11.3 Å². The van der Waals surface area contributed by atoms with E-state index < -0.39 is 0 Å². The van der Waals surface area contributed by atoms with E-state index in [4.69, 9.17) is 4.99 Å². The lowest BCUT2D eigenvalue weighted by Crippen LogP contribution is -2.40. The van der Waals surface area contributed by atoms with Crippen LogP contribution in [0.25, 0.3) is 0 Å². The van der Waals surface area contributed by atoms with Crippen LogP contribution in [0.5, 0.6) is 0 Å². The van der Waals surface area contributed by atoms with Gasteiger partial charge in [0.05, 0.1) is 5.01 Å². The first-order chi connectivity index (χ1) is 11.3. The molecule has 0 radical (unpaired) electrons. The second-order valence-electron chi connectivity index (χ2n) is 5.75. The number of aliphatic imine (C=N–C) groups is 1. The Bertz CT molecular complexity index is 677. The number of nitrogens with one attached hydrogen (secondary N) is 1. The third-order valence-corrected chi connectivity index (χ3v) is 4.98. The largest absolute Gasteiger partial charge is 0.356 e. The van der Waals surface area contributed by atoms with Crippen molar-refractivity contribution in [2.24, 2.45) is 4.99 Å². The van der Waals surface area contributed by atoms with E-state index in [2.05, 4.69) is 51.8 Å². The van der Waals surface area contributed by atoms with Gasteiger partial charge < -0.3 is 10.2 Å². The normalized spacial score (nSPS) is 14.2. The van der Waals surface area contributed by atoms with Crippen molar-refractivity contribution in [1.29, 1.82) is 0 Å². The zero-order chi connectivity index (χ0) is 16.1. The van der Waals surface area contributed by atoms with Gasteiger partial charge in [0.2, 0.25) is 0 Å². The SMILES string of the molecule is CCNC(=NCCCc1nc(C)cs1)N1CCc2ccccc21. The molecule has 2 aromatic rings. The van der Waals surface area contributed by atoms with Gasteiger partial charge in [0.15, 0.2) is 5.96 Å². The number of nitrogens with zero attached hydrogens (tertiary/aromatic N) is 3. The van der Waals surface area contributed by atoms with Crippen LogP contribution in [-0.4, -0.2) is 30.6 Å². The van der Waals surface area contributed by atoms with E-state index in [1.165, 1.54) is 16.3 Å². The molecule has 1 aliphatic heterocycles. The Kier molecular flexibility index (Phi) is 5.28. The Labute approximate surface area is 142 Å². The molecular weight excluding hydrogens is 304 g/mol. The number of benzene rings is 1. The van der Waals surface area contributed by atoms with Gasteiger partial charge in [0, 0.05) is 42.8 Å². The number of guanidine groups is 1. The smallest absolute Gasteiger partial charge is 0.198 e. The molecule has 4 nitrogen and oxygen atoms in total. The molecule has 0 atom stereocenters. The van der Waals surface area contributed by atoms with Crippen LogP contribution in [0.15, 0.2) is 34.6 Å². The summed E-state index contributed by atoms with van der Waals surface area (Å²) in [6.07, 6.45) is 3.15. The number of aromatic nitrogens is 1. The number of rotatable bonds is 5. The van der Waals surface area contributed by atoms with Crippen LogP contribution in [0.3, 0.4) is 0 Å². The molecule has 0 saturated carbocycles. The van der Waals surface area contributed by atoms with Crippen LogP contribution >= 0.6 is 11.3 Å². The number of para-hydroxylation sites is 1. The van der Waals surface area contributed by atoms with Crippen LogP contribution in [-0.2, 0) is 12.8 Å². The van der Waals surface area contributed by atoms with Crippen molar-refractivity contribution in [2.75, 3.05) is 24.5 Å². The number of thiazole rings is 1. The average molecular weight is 328 g/mol. The highest BCUT2D eigenvalue weighted by Gasteiger charge is 2.22. The van der Waals surface area contributed by atoms with E-state index >= 15 is 0 Å². The summed E-state index contributed by atoms with van der Waals surface area (Å²) in [4.78, 5) is 11.7. The zero-order valence-corrected chi connectivity index (χ0v) is 14.7. The number of fused-ring (bicyclic) bond motifs is 1. The maximum Gasteiger partial charge on any atom is 0.198 e. The standard InChI is InChI=1S/C18H24N4S/c1-3-19-18(20-11-6-9-17-21-14(2)13-23-17)22-12-10-15-7-4-5-8-16(15)22/h4-5,7-8,13H,3,6,9-12H2,1-2H3,(H,19,20). The second-order valence-corrected chi connectivity index (χ2v) is 6.69. The summed E-state index contributed by atoms with van der Waals surface area (Å²) in [5.41, 5.74) is 3.83. The first-order valence-electron chi connectivity index (χ1n) is 8.32. The Hall–Kier alpha value is -1.88. The van der Waals surface area contributed by atoms with Gasteiger partial charge in [-0.05, 0) is 38.3 Å². The van der Waals surface area contributed by atoms with Crippen molar-refractivity contribution in [3.05, 3.63) is 45.9 Å². The summed E-state index contributed by atoms with van der Waals surface area (Å²) < 4.78 is 0. The van der Waals surface area contributed by atoms with Gasteiger partial charge in [-0.1, -0.05) is 18.2 Å². The molecule has 0 spiro atoms. The van der Waals surface area contributed by atoms with E-state index in [9.17, 15) is 0 Å². The summed E-state index contributed by atoms with van der Waals surface area (Å²) in [5.74, 6) is 1.01. The molecule has 1 aromatic carbocycles. The first-order valence-corrected chi connectivity index (χ1v) is 9.20. The molecule has 0 amide bonds. The molecular formula is C18H24N4S. The highest BCUT2D eigenvalue weighted by molar-refractivity contribution is 7.09. The molecule has 1 N–H and O–H groups in total. The zero-order valence-electron chi connectivity index (χ0n) is 13.9. The van der Waals surface area contributed by atoms with Crippen LogP contribution in [0.4, 0.5) is 5.69 Å². The minimum Gasteiger partial charge on any atom is -0.356 e. The molecule has 0 saturated heterocycles. The lowest BCUT2D eigenvalue weighted by Gasteiger charge is -2.22. The summed E-state index contributed by atoms with van der Waals surface area (Å²) in [6.45, 7) is 6.90. The molecule has 0 aliphatic carbocycles. The van der Waals surface area contributed by atoms with Gasteiger partial charge >= 0.3 is 0 Å². The Morgan fingerprint density at radius 2 is 2.26 bits per heavy atom. The van der Waals surface area contributed by atoms with Crippen LogP contribution in [0.1, 0.15) is 29.6 Å². The number of hydrogen-bond donors (Lipinski definition) is 1. The monoisotopic (exact) mass is 328 g/mol. The van der Waals surface area contributed by atoms with Crippen LogP contribution in [0, 0.1) is 6.92 Å². The van der Waals surface area contributed by atoms with E-state index in [0.29, 0.717) is 0 Å². The molecule has 5 heteroatoms. The van der Waals surface area contributed by atoms with Crippen molar-refractivity contribution >= 4 is 23.0 Å². The van der Waals surface area contributed by atoms with E-state index in [1.807, 2.05) is 6.92 Å². The molecule has 0 unspecified atom stereocenters. The van der Waals surface area contributed by atoms with Crippen molar-refractivity contribution < 1.29 is 0 Å². The molecule has 3 rings (SSSR count). The molecule has 1 aliphatic rings. The van der Waals surface area contributed by atoms with Gasteiger partial charge in [-0.3, -0.25) is 4.99 Å². The van der Waals surface area contributed by atoms with E-state index in [-0.39, 0.29) is 0 Å². The minimum absolute atomic E-state index is 0.833.